The van der Waals surface area contributed by atoms with Crippen LogP contribution < -0.4 is 15.8 Å². The number of rotatable bonds is 5. The molecule has 2 aromatic carbocycles. The zero-order chi connectivity index (χ0) is 20.4. The SMILES string of the molecule is O=C(Cn1cnc2ccc(F)cc2c1=O)NCc1cccc(N2CCCC2=O)c1. The molecule has 0 unspecified atom stereocenters. The van der Waals surface area contributed by atoms with Gasteiger partial charge >= 0.3 is 0 Å². The molecule has 2 amide bonds. The van der Waals surface area contributed by atoms with Crippen LogP contribution in [0.15, 0.2) is 53.6 Å². The van der Waals surface area contributed by atoms with E-state index in [1.807, 2.05) is 24.3 Å². The van der Waals surface area contributed by atoms with Crippen LogP contribution in [-0.4, -0.2) is 27.9 Å². The van der Waals surface area contributed by atoms with Crippen molar-refractivity contribution in [1.29, 1.82) is 0 Å². The van der Waals surface area contributed by atoms with Crippen LogP contribution in [0.1, 0.15) is 18.4 Å². The maximum absolute atomic E-state index is 13.4. The van der Waals surface area contributed by atoms with Crippen LogP contribution in [0.25, 0.3) is 10.9 Å². The van der Waals surface area contributed by atoms with E-state index in [4.69, 9.17) is 0 Å². The highest BCUT2D eigenvalue weighted by Crippen LogP contribution is 2.22. The van der Waals surface area contributed by atoms with Gasteiger partial charge in [0.2, 0.25) is 11.8 Å². The molecule has 0 radical (unpaired) electrons. The van der Waals surface area contributed by atoms with E-state index >= 15 is 0 Å². The van der Waals surface area contributed by atoms with Gasteiger partial charge in [-0.25, -0.2) is 9.37 Å². The number of carbonyl (C=O) groups excluding carboxylic acids is 2. The Bertz CT molecular complexity index is 1160. The smallest absolute Gasteiger partial charge is 0.261 e. The third-order valence-electron chi connectivity index (χ3n) is 4.89. The van der Waals surface area contributed by atoms with E-state index in [1.165, 1.54) is 18.5 Å². The van der Waals surface area contributed by atoms with Crippen LogP contribution in [0.3, 0.4) is 0 Å². The van der Waals surface area contributed by atoms with Crippen molar-refractivity contribution in [2.75, 3.05) is 11.4 Å². The zero-order valence-electron chi connectivity index (χ0n) is 15.6. The second kappa shape index (κ2) is 7.83. The highest BCUT2D eigenvalue weighted by atomic mass is 19.1. The summed E-state index contributed by atoms with van der Waals surface area (Å²) in [6, 6.07) is 11.2. The van der Waals surface area contributed by atoms with E-state index in [9.17, 15) is 18.8 Å². The molecule has 1 aliphatic heterocycles. The van der Waals surface area contributed by atoms with Crippen molar-refractivity contribution in [3.8, 4) is 0 Å². The van der Waals surface area contributed by atoms with Gasteiger partial charge in [0.15, 0.2) is 0 Å². The second-order valence-corrected chi connectivity index (χ2v) is 6.93. The summed E-state index contributed by atoms with van der Waals surface area (Å²) in [5, 5.41) is 2.89. The Morgan fingerprint density at radius 2 is 2.03 bits per heavy atom. The van der Waals surface area contributed by atoms with Gasteiger partial charge in [-0.3, -0.25) is 19.0 Å². The summed E-state index contributed by atoms with van der Waals surface area (Å²) in [5.41, 5.74) is 1.57. The quantitative estimate of drug-likeness (QED) is 0.717. The molecular weight excluding hydrogens is 375 g/mol. The molecule has 7 nitrogen and oxygen atoms in total. The number of halogens is 1. The van der Waals surface area contributed by atoms with Crippen LogP contribution in [-0.2, 0) is 22.7 Å². The number of nitrogens with zero attached hydrogens (tertiary/aromatic N) is 3. The summed E-state index contributed by atoms with van der Waals surface area (Å²) < 4.78 is 14.6. The highest BCUT2D eigenvalue weighted by molar-refractivity contribution is 5.95. The maximum atomic E-state index is 13.4. The van der Waals surface area contributed by atoms with Gasteiger partial charge < -0.3 is 10.2 Å². The lowest BCUT2D eigenvalue weighted by Crippen LogP contribution is -2.32. The minimum atomic E-state index is -0.532. The fourth-order valence-corrected chi connectivity index (χ4v) is 3.41. The molecule has 148 valence electrons. The number of hydrogen-bond donors (Lipinski definition) is 1. The number of hydrogen-bond acceptors (Lipinski definition) is 4. The monoisotopic (exact) mass is 394 g/mol. The Morgan fingerprint density at radius 1 is 1.17 bits per heavy atom. The van der Waals surface area contributed by atoms with Gasteiger partial charge in [0.25, 0.3) is 5.56 Å². The first kappa shape index (κ1) is 18.8. The second-order valence-electron chi connectivity index (χ2n) is 6.93. The van der Waals surface area contributed by atoms with Crippen molar-refractivity contribution in [3.63, 3.8) is 0 Å². The van der Waals surface area contributed by atoms with Gasteiger partial charge in [0.1, 0.15) is 12.4 Å². The van der Waals surface area contributed by atoms with Crippen LogP contribution >= 0.6 is 0 Å². The predicted octanol–water partition coefficient (Wildman–Crippen LogP) is 1.98. The summed E-state index contributed by atoms with van der Waals surface area (Å²) in [7, 11) is 0. The Hall–Kier alpha value is -3.55. The van der Waals surface area contributed by atoms with Crippen LogP contribution in [0, 0.1) is 5.82 Å². The Kier molecular flexibility index (Phi) is 5.07. The largest absolute Gasteiger partial charge is 0.350 e. The number of fused-ring (bicyclic) bond motifs is 1. The topological polar surface area (TPSA) is 84.3 Å². The zero-order valence-corrected chi connectivity index (χ0v) is 15.6. The summed E-state index contributed by atoms with van der Waals surface area (Å²) in [6.07, 6.45) is 2.68. The van der Waals surface area contributed by atoms with Crippen molar-refractivity contribution in [1.82, 2.24) is 14.9 Å². The fraction of sp³-hybridized carbons (Fsp3) is 0.238. The average Bonchev–Trinajstić information content (AvgIpc) is 3.15. The first-order valence-corrected chi connectivity index (χ1v) is 9.32. The van der Waals surface area contributed by atoms with Gasteiger partial charge in [0, 0.05) is 25.2 Å². The minimum Gasteiger partial charge on any atom is -0.350 e. The number of benzene rings is 2. The Labute approximate surface area is 165 Å². The molecule has 1 aliphatic rings. The molecular formula is C21H19FN4O3. The van der Waals surface area contributed by atoms with Crippen LogP contribution in [0.4, 0.5) is 10.1 Å². The molecule has 1 saturated heterocycles. The number of anilines is 1. The third kappa shape index (κ3) is 4.01. The first-order valence-electron chi connectivity index (χ1n) is 9.32. The summed E-state index contributed by atoms with van der Waals surface area (Å²) >= 11 is 0. The Morgan fingerprint density at radius 3 is 2.83 bits per heavy atom. The minimum absolute atomic E-state index is 0.103. The summed E-state index contributed by atoms with van der Waals surface area (Å²) in [6.45, 7) is 0.745. The number of aromatic nitrogens is 2. The standard InChI is InChI=1S/C21H19FN4O3/c22-15-6-7-18-17(10-15)21(29)25(13-24-18)12-19(27)23-11-14-3-1-4-16(9-14)26-8-2-5-20(26)28/h1,3-4,6-7,9-10,13H,2,5,8,11-12H2,(H,23,27). The predicted molar refractivity (Wildman–Crippen MR) is 106 cm³/mol. The number of carbonyl (C=O) groups is 2. The summed E-state index contributed by atoms with van der Waals surface area (Å²) in [4.78, 5) is 42.5. The molecule has 0 atom stereocenters. The normalized spacial score (nSPS) is 13.8. The molecule has 0 aliphatic carbocycles. The van der Waals surface area contributed by atoms with E-state index in [0.29, 0.717) is 18.5 Å². The molecule has 1 fully saturated rings. The molecule has 1 N–H and O–H groups in total. The van der Waals surface area contributed by atoms with Crippen molar-refractivity contribution < 1.29 is 14.0 Å². The third-order valence-corrected chi connectivity index (χ3v) is 4.89. The average molecular weight is 394 g/mol. The highest BCUT2D eigenvalue weighted by Gasteiger charge is 2.21. The molecule has 8 heteroatoms. The summed E-state index contributed by atoms with van der Waals surface area (Å²) in [5.74, 6) is -0.798. The lowest BCUT2D eigenvalue weighted by molar-refractivity contribution is -0.122. The number of amides is 2. The van der Waals surface area contributed by atoms with Gasteiger partial charge in [-0.05, 0) is 42.3 Å². The fourth-order valence-electron chi connectivity index (χ4n) is 3.41. The van der Waals surface area contributed by atoms with E-state index in [-0.39, 0.29) is 30.3 Å². The lowest BCUT2D eigenvalue weighted by atomic mass is 10.2. The van der Waals surface area contributed by atoms with Crippen molar-refractivity contribution in [2.45, 2.75) is 25.9 Å². The Balaban J connectivity index is 1.43. The van der Waals surface area contributed by atoms with E-state index < -0.39 is 11.4 Å². The molecule has 0 saturated carbocycles. The van der Waals surface area contributed by atoms with Crippen LogP contribution in [0.2, 0.25) is 0 Å². The lowest BCUT2D eigenvalue weighted by Gasteiger charge is -2.16. The molecule has 0 spiro atoms. The van der Waals surface area contributed by atoms with E-state index in [2.05, 4.69) is 10.3 Å². The molecule has 4 rings (SSSR count). The molecule has 0 bridgehead atoms. The van der Waals surface area contributed by atoms with E-state index in [1.54, 1.807) is 4.90 Å². The molecule has 3 aromatic rings. The van der Waals surface area contributed by atoms with Gasteiger partial charge in [0.05, 0.1) is 17.2 Å². The van der Waals surface area contributed by atoms with Crippen molar-refractivity contribution >= 4 is 28.4 Å². The number of nitrogens with one attached hydrogen (secondary N) is 1. The first-order chi connectivity index (χ1) is 14.0. The van der Waals surface area contributed by atoms with Gasteiger partial charge in [-0.1, -0.05) is 12.1 Å². The molecule has 2 heterocycles. The van der Waals surface area contributed by atoms with Gasteiger partial charge in [-0.2, -0.15) is 0 Å². The molecule has 1 aromatic heterocycles. The van der Waals surface area contributed by atoms with Crippen molar-refractivity contribution in [3.05, 3.63) is 70.5 Å². The van der Waals surface area contributed by atoms with Crippen molar-refractivity contribution in [2.24, 2.45) is 0 Å². The maximum Gasteiger partial charge on any atom is 0.261 e. The van der Waals surface area contributed by atoms with E-state index in [0.717, 1.165) is 28.3 Å². The van der Waals surface area contributed by atoms with Gasteiger partial charge in [-0.15, -0.1) is 0 Å². The van der Waals surface area contributed by atoms with Crippen LogP contribution in [0.5, 0.6) is 0 Å². The molecule has 29 heavy (non-hydrogen) atoms.